The van der Waals surface area contributed by atoms with Crippen LogP contribution in [0, 0.1) is 11.8 Å². The second-order valence-electron chi connectivity index (χ2n) is 7.97. The zero-order chi connectivity index (χ0) is 20.9. The summed E-state index contributed by atoms with van der Waals surface area (Å²) in [6, 6.07) is 0. The van der Waals surface area contributed by atoms with E-state index in [0.717, 1.165) is 44.9 Å². The van der Waals surface area contributed by atoms with E-state index >= 15 is 0 Å². The molecular weight excluding hydrogens is 356 g/mol. The van der Waals surface area contributed by atoms with Gasteiger partial charge in [0.2, 0.25) is 0 Å². The van der Waals surface area contributed by atoms with Crippen LogP contribution in [-0.4, -0.2) is 34.2 Å². The monoisotopic (exact) mass is 394 g/mol. The summed E-state index contributed by atoms with van der Waals surface area (Å²) >= 11 is 0. The average Bonchev–Trinajstić information content (AvgIpc) is 2.88. The Balaban J connectivity index is 2.38. The molecule has 0 radical (unpaired) electrons. The van der Waals surface area contributed by atoms with E-state index in [0.29, 0.717) is 18.6 Å². The number of esters is 1. The molecule has 28 heavy (non-hydrogen) atoms. The van der Waals surface area contributed by atoms with Crippen LogP contribution in [0.25, 0.3) is 0 Å². The van der Waals surface area contributed by atoms with Crippen LogP contribution in [0.3, 0.4) is 0 Å². The van der Waals surface area contributed by atoms with E-state index in [4.69, 9.17) is 4.74 Å². The van der Waals surface area contributed by atoms with E-state index in [1.165, 1.54) is 6.92 Å². The van der Waals surface area contributed by atoms with Gasteiger partial charge in [0.25, 0.3) is 0 Å². The lowest BCUT2D eigenvalue weighted by Gasteiger charge is -2.22. The first-order valence-electron chi connectivity index (χ1n) is 10.8. The van der Waals surface area contributed by atoms with Gasteiger partial charge in [0.1, 0.15) is 11.5 Å². The molecule has 2 N–H and O–H groups in total. The van der Waals surface area contributed by atoms with Crippen molar-refractivity contribution >= 4 is 11.8 Å². The fourth-order valence-corrected chi connectivity index (χ4v) is 3.96. The summed E-state index contributed by atoms with van der Waals surface area (Å²) in [6.45, 7) is 5.24. The largest absolute Gasteiger partial charge is 0.432 e. The van der Waals surface area contributed by atoms with E-state index in [2.05, 4.69) is 6.92 Å². The van der Waals surface area contributed by atoms with E-state index in [1.54, 1.807) is 13.0 Å². The summed E-state index contributed by atoms with van der Waals surface area (Å²) in [7, 11) is 0. The van der Waals surface area contributed by atoms with Crippen molar-refractivity contribution in [1.82, 2.24) is 0 Å². The van der Waals surface area contributed by atoms with Crippen LogP contribution in [0.5, 0.6) is 0 Å². The minimum Gasteiger partial charge on any atom is -0.432 e. The van der Waals surface area contributed by atoms with Gasteiger partial charge in [-0.25, -0.2) is 0 Å². The van der Waals surface area contributed by atoms with Gasteiger partial charge < -0.3 is 14.9 Å². The quantitative estimate of drug-likeness (QED) is 0.208. The molecule has 4 atom stereocenters. The van der Waals surface area contributed by atoms with Crippen molar-refractivity contribution in [2.75, 3.05) is 0 Å². The Morgan fingerprint density at radius 1 is 1.21 bits per heavy atom. The van der Waals surface area contributed by atoms with Crippen molar-refractivity contribution < 1.29 is 24.5 Å². The number of carbonyl (C=O) groups is 2. The van der Waals surface area contributed by atoms with Gasteiger partial charge >= 0.3 is 5.97 Å². The Kier molecular flexibility index (Phi) is 12.0. The zero-order valence-electron chi connectivity index (χ0n) is 17.7. The molecule has 0 aliphatic heterocycles. The summed E-state index contributed by atoms with van der Waals surface area (Å²) in [4.78, 5) is 23.1. The molecule has 1 rings (SSSR count). The van der Waals surface area contributed by atoms with Crippen LogP contribution in [0.4, 0.5) is 0 Å². The first kappa shape index (κ1) is 24.6. The molecule has 0 heterocycles. The normalized spacial score (nSPS) is 24.1. The predicted molar refractivity (Wildman–Crippen MR) is 111 cm³/mol. The number of ether oxygens (including phenoxy) is 1. The van der Waals surface area contributed by atoms with Gasteiger partial charge in [-0.2, -0.15) is 0 Å². The molecule has 1 aliphatic rings. The highest BCUT2D eigenvalue weighted by molar-refractivity contribution is 5.84. The molecule has 0 spiro atoms. The molecule has 1 saturated carbocycles. The van der Waals surface area contributed by atoms with Crippen LogP contribution in [0.15, 0.2) is 24.0 Å². The summed E-state index contributed by atoms with van der Waals surface area (Å²) in [5, 5.41) is 20.4. The average molecular weight is 395 g/mol. The third-order valence-corrected chi connectivity index (χ3v) is 5.47. The third kappa shape index (κ3) is 9.65. The maximum atomic E-state index is 12.3. The Morgan fingerprint density at radius 3 is 2.64 bits per heavy atom. The van der Waals surface area contributed by atoms with Crippen LogP contribution >= 0.6 is 0 Å². The molecule has 0 bridgehead atoms. The second-order valence-corrected chi connectivity index (χ2v) is 7.97. The highest BCUT2D eigenvalue weighted by atomic mass is 16.5. The topological polar surface area (TPSA) is 83.8 Å². The van der Waals surface area contributed by atoms with E-state index in [1.807, 2.05) is 12.2 Å². The van der Waals surface area contributed by atoms with Crippen molar-refractivity contribution in [3.63, 3.8) is 0 Å². The van der Waals surface area contributed by atoms with Gasteiger partial charge in [-0.3, -0.25) is 9.59 Å². The first-order chi connectivity index (χ1) is 13.3. The Labute approximate surface area is 169 Å². The molecule has 160 valence electrons. The molecule has 0 aromatic carbocycles. The second kappa shape index (κ2) is 13.7. The molecular formula is C23H38O5. The number of carbonyl (C=O) groups excluding carboxylic acids is 2. The molecule has 0 saturated heterocycles. The highest BCUT2D eigenvalue weighted by Gasteiger charge is 2.40. The first-order valence-corrected chi connectivity index (χ1v) is 10.8. The van der Waals surface area contributed by atoms with Gasteiger partial charge in [0.05, 0.1) is 12.2 Å². The lowest BCUT2D eigenvalue weighted by atomic mass is 9.85. The smallest absolute Gasteiger partial charge is 0.307 e. The molecule has 1 fully saturated rings. The molecule has 0 aromatic heterocycles. The van der Waals surface area contributed by atoms with Crippen LogP contribution in [-0.2, 0) is 14.3 Å². The van der Waals surface area contributed by atoms with Crippen LogP contribution in [0.2, 0.25) is 0 Å². The van der Waals surface area contributed by atoms with Crippen molar-refractivity contribution in [1.29, 1.82) is 0 Å². The van der Waals surface area contributed by atoms with E-state index in [9.17, 15) is 19.8 Å². The molecule has 1 aliphatic carbocycles. The minimum atomic E-state index is -0.565. The Hall–Kier alpha value is -1.46. The molecule has 5 heteroatoms. The number of rotatable bonds is 13. The van der Waals surface area contributed by atoms with Crippen molar-refractivity contribution in [2.24, 2.45) is 11.8 Å². The summed E-state index contributed by atoms with van der Waals surface area (Å²) in [5.41, 5.74) is 0. The maximum absolute atomic E-state index is 12.3. The number of allylic oxidation sites excluding steroid dienone is 4. The summed E-state index contributed by atoms with van der Waals surface area (Å²) < 4.78 is 4.93. The van der Waals surface area contributed by atoms with Gasteiger partial charge in [-0.1, -0.05) is 38.3 Å². The van der Waals surface area contributed by atoms with Crippen molar-refractivity contribution in [3.05, 3.63) is 24.0 Å². The van der Waals surface area contributed by atoms with Gasteiger partial charge in [-0.15, -0.1) is 0 Å². The molecule has 0 unspecified atom stereocenters. The van der Waals surface area contributed by atoms with E-state index < -0.39 is 6.10 Å². The van der Waals surface area contributed by atoms with Crippen molar-refractivity contribution in [2.45, 2.75) is 97.2 Å². The van der Waals surface area contributed by atoms with Gasteiger partial charge in [0.15, 0.2) is 0 Å². The lowest BCUT2D eigenvalue weighted by Crippen LogP contribution is -2.22. The number of hydrogen-bond donors (Lipinski definition) is 2. The van der Waals surface area contributed by atoms with Crippen LogP contribution in [0.1, 0.15) is 85.0 Å². The SMILES string of the molecule is CCCCC[C@H](O)CC[C@H]1[C@H](O)CC(=O)[C@@H]1CCC/C=C/C=C(\C)OC(C)=O. The fraction of sp³-hybridized carbons (Fsp3) is 0.739. The van der Waals surface area contributed by atoms with Crippen molar-refractivity contribution in [3.8, 4) is 0 Å². The lowest BCUT2D eigenvalue weighted by molar-refractivity contribution is -0.136. The highest BCUT2D eigenvalue weighted by Crippen LogP contribution is 2.36. The maximum Gasteiger partial charge on any atom is 0.307 e. The zero-order valence-corrected chi connectivity index (χ0v) is 17.7. The number of aliphatic hydroxyl groups excluding tert-OH is 2. The number of ketones is 1. The van der Waals surface area contributed by atoms with Gasteiger partial charge in [-0.05, 0) is 57.4 Å². The van der Waals surface area contributed by atoms with Crippen LogP contribution < -0.4 is 0 Å². The number of aliphatic hydroxyl groups is 2. The Bertz CT molecular complexity index is 537. The predicted octanol–water partition coefficient (Wildman–Crippen LogP) is 4.47. The molecule has 0 aromatic rings. The van der Waals surface area contributed by atoms with Gasteiger partial charge in [0, 0.05) is 19.3 Å². The standard InChI is InChI=1S/C23H38O5/c1-4-5-8-12-19(25)14-15-21-20(22(26)16-23(21)27)13-10-7-6-9-11-17(2)28-18(3)24/h6,9,11,19-21,23,25,27H,4-5,7-8,10,12-16H2,1-3H3/b9-6+,17-11+/t19-,20+,21+,23+/m0/s1. The Morgan fingerprint density at radius 2 is 1.96 bits per heavy atom. The number of Topliss-reactive ketones (excluding diaryl/α,β-unsaturated/α-hetero) is 1. The summed E-state index contributed by atoms with van der Waals surface area (Å²) in [6.07, 6.45) is 12.9. The number of unbranched alkanes of at least 4 members (excludes halogenated alkanes) is 3. The number of hydrogen-bond acceptors (Lipinski definition) is 5. The third-order valence-electron chi connectivity index (χ3n) is 5.47. The van der Waals surface area contributed by atoms with E-state index in [-0.39, 0.29) is 36.1 Å². The molecule has 5 nitrogen and oxygen atoms in total. The molecule has 0 amide bonds. The minimum absolute atomic E-state index is 0.0246. The summed E-state index contributed by atoms with van der Waals surface area (Å²) in [5.74, 6) is 0.262. The fourth-order valence-electron chi connectivity index (χ4n) is 3.96.